The van der Waals surface area contributed by atoms with E-state index in [1.807, 2.05) is 0 Å². The first kappa shape index (κ1) is 8.94. The molecule has 0 unspecified atom stereocenters. The van der Waals surface area contributed by atoms with Gasteiger partial charge in [-0.2, -0.15) is 0 Å². The third kappa shape index (κ3) is 3.16. The Morgan fingerprint density at radius 3 is 2.64 bits per heavy atom. The summed E-state index contributed by atoms with van der Waals surface area (Å²) in [5.41, 5.74) is 5.35. The maximum absolute atomic E-state index is 5.35. The largest absolute Gasteiger partial charge is 0.378 e. The Morgan fingerprint density at radius 2 is 2.09 bits per heavy atom. The summed E-state index contributed by atoms with van der Waals surface area (Å²) in [6, 6.07) is 0. The number of thiocarbonyl (C=S) groups is 1. The van der Waals surface area contributed by atoms with E-state index in [2.05, 4.69) is 5.32 Å². The molecule has 2 nitrogen and oxygen atoms in total. The van der Waals surface area contributed by atoms with Gasteiger partial charge in [0.05, 0.1) is 4.99 Å². The highest BCUT2D eigenvalue weighted by Crippen LogP contribution is 2.23. The minimum atomic E-state index is 0.488. The molecular weight excluding hydrogens is 156 g/mol. The van der Waals surface area contributed by atoms with Crippen LogP contribution in [0.3, 0.4) is 0 Å². The summed E-state index contributed by atoms with van der Waals surface area (Å²) in [7, 11) is 0. The van der Waals surface area contributed by atoms with Crippen molar-refractivity contribution in [1.29, 1.82) is 0 Å². The minimum absolute atomic E-state index is 0.488. The number of hydrogen-bond acceptors (Lipinski definition) is 2. The highest BCUT2D eigenvalue weighted by Gasteiger charge is 2.14. The van der Waals surface area contributed by atoms with Gasteiger partial charge in [-0.3, -0.25) is 0 Å². The Morgan fingerprint density at radius 1 is 1.45 bits per heavy atom. The van der Waals surface area contributed by atoms with Crippen LogP contribution in [0.1, 0.15) is 25.7 Å². The molecule has 0 aromatic carbocycles. The molecule has 64 valence electrons. The Labute approximate surface area is 73.5 Å². The van der Waals surface area contributed by atoms with Gasteiger partial charge in [0.25, 0.3) is 0 Å². The molecule has 0 bridgehead atoms. The summed E-state index contributed by atoms with van der Waals surface area (Å²) in [6.45, 7) is 1.53. The van der Waals surface area contributed by atoms with Gasteiger partial charge in [-0.1, -0.05) is 25.1 Å². The van der Waals surface area contributed by atoms with E-state index < -0.39 is 0 Å². The first-order chi connectivity index (χ1) is 5.33. The fraction of sp³-hybridized carbons (Fsp3) is 0.875. The fourth-order valence-electron chi connectivity index (χ4n) is 1.54. The van der Waals surface area contributed by atoms with Crippen molar-refractivity contribution >= 4 is 17.2 Å². The molecule has 0 atom stereocenters. The van der Waals surface area contributed by atoms with Gasteiger partial charge >= 0.3 is 0 Å². The lowest BCUT2D eigenvalue weighted by atomic mass is 10.1. The van der Waals surface area contributed by atoms with Crippen molar-refractivity contribution in [3.05, 3.63) is 0 Å². The van der Waals surface area contributed by atoms with Gasteiger partial charge < -0.3 is 11.1 Å². The van der Waals surface area contributed by atoms with E-state index >= 15 is 0 Å². The predicted molar refractivity (Wildman–Crippen MR) is 51.6 cm³/mol. The van der Waals surface area contributed by atoms with Gasteiger partial charge in [-0.15, -0.1) is 0 Å². The van der Waals surface area contributed by atoms with Gasteiger partial charge in [0.2, 0.25) is 0 Å². The fourth-order valence-corrected chi connectivity index (χ4v) is 1.63. The molecule has 0 amide bonds. The standard InChI is InChI=1S/C8H16N2S/c9-5-8(11)10-6-7-3-1-2-4-7/h7H,1-6,9H2,(H,10,11). The normalized spacial score (nSPS) is 18.6. The molecular formula is C8H16N2S. The highest BCUT2D eigenvalue weighted by molar-refractivity contribution is 7.80. The van der Waals surface area contributed by atoms with Crippen molar-refractivity contribution in [2.24, 2.45) is 11.7 Å². The van der Waals surface area contributed by atoms with E-state index in [1.54, 1.807) is 0 Å². The van der Waals surface area contributed by atoms with Crippen LogP contribution < -0.4 is 11.1 Å². The van der Waals surface area contributed by atoms with Crippen LogP contribution in [0.2, 0.25) is 0 Å². The monoisotopic (exact) mass is 172 g/mol. The lowest BCUT2D eigenvalue weighted by molar-refractivity contribution is 0.536. The average molecular weight is 172 g/mol. The van der Waals surface area contributed by atoms with Gasteiger partial charge in [-0.05, 0) is 18.8 Å². The van der Waals surface area contributed by atoms with Crippen LogP contribution in [-0.2, 0) is 0 Å². The molecule has 0 aromatic heterocycles. The van der Waals surface area contributed by atoms with E-state index in [4.69, 9.17) is 18.0 Å². The quantitative estimate of drug-likeness (QED) is 0.625. The molecule has 1 fully saturated rings. The average Bonchev–Trinajstić information content (AvgIpc) is 2.52. The van der Waals surface area contributed by atoms with Crippen LogP contribution in [-0.4, -0.2) is 18.1 Å². The topological polar surface area (TPSA) is 38.0 Å². The first-order valence-electron chi connectivity index (χ1n) is 4.29. The molecule has 0 spiro atoms. The van der Waals surface area contributed by atoms with E-state index in [-0.39, 0.29) is 0 Å². The van der Waals surface area contributed by atoms with Crippen LogP contribution in [0.25, 0.3) is 0 Å². The van der Waals surface area contributed by atoms with Crippen molar-refractivity contribution in [2.45, 2.75) is 25.7 Å². The molecule has 3 heteroatoms. The summed E-state index contributed by atoms with van der Waals surface area (Å²) in [5, 5.41) is 3.18. The van der Waals surface area contributed by atoms with Crippen LogP contribution in [0, 0.1) is 5.92 Å². The van der Waals surface area contributed by atoms with E-state index in [9.17, 15) is 0 Å². The molecule has 1 saturated carbocycles. The van der Waals surface area contributed by atoms with E-state index in [1.165, 1.54) is 25.7 Å². The zero-order valence-corrected chi connectivity index (χ0v) is 7.62. The third-order valence-corrected chi connectivity index (χ3v) is 2.56. The second kappa shape index (κ2) is 4.67. The van der Waals surface area contributed by atoms with Gasteiger partial charge in [0.1, 0.15) is 0 Å². The molecule has 3 N–H and O–H groups in total. The Balaban J connectivity index is 2.06. The van der Waals surface area contributed by atoms with Crippen LogP contribution in [0.15, 0.2) is 0 Å². The minimum Gasteiger partial charge on any atom is -0.378 e. The first-order valence-corrected chi connectivity index (χ1v) is 4.70. The smallest absolute Gasteiger partial charge is 0.0891 e. The Bertz CT molecular complexity index is 130. The summed E-state index contributed by atoms with van der Waals surface area (Å²) in [4.78, 5) is 0.803. The summed E-state index contributed by atoms with van der Waals surface area (Å²) in [6.07, 6.45) is 5.50. The van der Waals surface area contributed by atoms with Crippen molar-refractivity contribution in [3.63, 3.8) is 0 Å². The maximum Gasteiger partial charge on any atom is 0.0891 e. The van der Waals surface area contributed by atoms with Crippen molar-refractivity contribution in [2.75, 3.05) is 13.1 Å². The van der Waals surface area contributed by atoms with Gasteiger partial charge in [-0.25, -0.2) is 0 Å². The zero-order chi connectivity index (χ0) is 8.10. The van der Waals surface area contributed by atoms with Crippen LogP contribution in [0.4, 0.5) is 0 Å². The number of nitrogens with two attached hydrogens (primary N) is 1. The highest BCUT2D eigenvalue weighted by atomic mass is 32.1. The number of hydrogen-bond donors (Lipinski definition) is 2. The van der Waals surface area contributed by atoms with Gasteiger partial charge in [0, 0.05) is 13.1 Å². The van der Waals surface area contributed by atoms with Crippen molar-refractivity contribution < 1.29 is 0 Å². The molecule has 1 aliphatic carbocycles. The zero-order valence-electron chi connectivity index (χ0n) is 6.81. The van der Waals surface area contributed by atoms with Crippen molar-refractivity contribution in [1.82, 2.24) is 5.32 Å². The predicted octanol–water partition coefficient (Wildman–Crippen LogP) is 1.05. The molecule has 0 heterocycles. The molecule has 0 aliphatic heterocycles. The summed E-state index contributed by atoms with van der Waals surface area (Å²) in [5.74, 6) is 0.847. The second-order valence-corrected chi connectivity index (χ2v) is 3.65. The third-order valence-electron chi connectivity index (χ3n) is 2.25. The van der Waals surface area contributed by atoms with Crippen LogP contribution in [0.5, 0.6) is 0 Å². The second-order valence-electron chi connectivity index (χ2n) is 3.16. The SMILES string of the molecule is NCC(=S)NCC1CCCC1. The van der Waals surface area contributed by atoms with Crippen LogP contribution >= 0.6 is 12.2 Å². The molecule has 1 aliphatic rings. The lowest BCUT2D eigenvalue weighted by Crippen LogP contribution is -2.32. The number of nitrogens with one attached hydrogen (secondary N) is 1. The van der Waals surface area contributed by atoms with Gasteiger partial charge in [0.15, 0.2) is 0 Å². The Kier molecular flexibility index (Phi) is 3.80. The number of rotatable bonds is 3. The molecule has 11 heavy (non-hydrogen) atoms. The van der Waals surface area contributed by atoms with E-state index in [0.29, 0.717) is 6.54 Å². The molecule has 1 rings (SSSR count). The van der Waals surface area contributed by atoms with Crippen molar-refractivity contribution in [3.8, 4) is 0 Å². The summed E-state index contributed by atoms with van der Waals surface area (Å²) >= 11 is 4.95. The van der Waals surface area contributed by atoms with E-state index in [0.717, 1.165) is 17.5 Å². The molecule has 0 saturated heterocycles. The maximum atomic E-state index is 5.35. The Hall–Kier alpha value is -0.150. The lowest BCUT2D eigenvalue weighted by Gasteiger charge is -2.10. The molecule has 0 aromatic rings. The summed E-state index contributed by atoms with van der Waals surface area (Å²) < 4.78 is 0. The molecule has 0 radical (unpaired) electrons.